The molecule has 0 aliphatic carbocycles. The quantitative estimate of drug-likeness (QED) is 0.592. The van der Waals surface area contributed by atoms with Gasteiger partial charge >= 0.3 is 5.97 Å². The van der Waals surface area contributed by atoms with Crippen LogP contribution in [0.3, 0.4) is 0 Å². The van der Waals surface area contributed by atoms with Crippen LogP contribution in [0.2, 0.25) is 0 Å². The van der Waals surface area contributed by atoms with E-state index >= 15 is 0 Å². The lowest BCUT2D eigenvalue weighted by Gasteiger charge is -2.27. The van der Waals surface area contributed by atoms with Gasteiger partial charge in [0.25, 0.3) is 0 Å². The first-order chi connectivity index (χ1) is 8.90. The van der Waals surface area contributed by atoms with E-state index in [0.717, 1.165) is 32.6 Å². The number of likely N-dealkylation sites (N-methyl/N-ethyl adjacent to an activating group) is 2. The number of esters is 1. The van der Waals surface area contributed by atoms with Gasteiger partial charge < -0.3 is 19.9 Å². The highest BCUT2D eigenvalue weighted by molar-refractivity contribution is 5.75. The van der Waals surface area contributed by atoms with E-state index in [4.69, 9.17) is 4.74 Å². The number of nitrogens with one attached hydrogen (secondary N) is 1. The largest absolute Gasteiger partial charge is 0.468 e. The lowest BCUT2D eigenvalue weighted by Crippen LogP contribution is -2.41. The summed E-state index contributed by atoms with van der Waals surface area (Å²) in [5, 5.41) is 3.01. The molecule has 0 spiro atoms. The number of hydrogen-bond donors (Lipinski definition) is 1. The highest BCUT2D eigenvalue weighted by atomic mass is 16.5. The minimum atomic E-state index is -0.209. The van der Waals surface area contributed by atoms with Gasteiger partial charge in [0, 0.05) is 26.2 Å². The molecule has 0 aliphatic rings. The molecule has 0 fully saturated rings. The molecule has 0 aromatic rings. The Balaban J connectivity index is 4.25. The van der Waals surface area contributed by atoms with Crippen molar-refractivity contribution in [1.82, 2.24) is 15.1 Å². The number of ether oxygens (including phenoxy) is 1. The molecule has 1 atom stereocenters. The van der Waals surface area contributed by atoms with Crippen molar-refractivity contribution in [3.8, 4) is 0 Å². The fourth-order valence-electron chi connectivity index (χ4n) is 1.99. The van der Waals surface area contributed by atoms with Gasteiger partial charge in [0.05, 0.1) is 7.11 Å². The zero-order valence-electron chi connectivity index (χ0n) is 13.4. The Hall–Kier alpha value is -0.650. The van der Waals surface area contributed by atoms with Crippen molar-refractivity contribution in [2.45, 2.75) is 26.3 Å². The maximum atomic E-state index is 11.5. The fraction of sp³-hybridized carbons (Fsp3) is 0.929. The third-order valence-corrected chi connectivity index (χ3v) is 3.05. The number of nitrogens with zero attached hydrogens (tertiary/aromatic N) is 2. The van der Waals surface area contributed by atoms with Crippen LogP contribution in [0.1, 0.15) is 20.3 Å². The van der Waals surface area contributed by atoms with Crippen LogP contribution in [0, 0.1) is 5.92 Å². The Morgan fingerprint density at radius 3 is 2.26 bits per heavy atom. The van der Waals surface area contributed by atoms with E-state index in [9.17, 15) is 4.79 Å². The van der Waals surface area contributed by atoms with E-state index in [1.165, 1.54) is 7.11 Å². The number of hydrogen-bond acceptors (Lipinski definition) is 5. The maximum Gasteiger partial charge on any atom is 0.322 e. The van der Waals surface area contributed by atoms with Crippen LogP contribution in [-0.2, 0) is 9.53 Å². The molecule has 0 rings (SSSR count). The average Bonchev–Trinajstić information content (AvgIpc) is 2.35. The maximum absolute atomic E-state index is 11.5. The van der Waals surface area contributed by atoms with E-state index in [0.29, 0.717) is 5.92 Å². The van der Waals surface area contributed by atoms with Gasteiger partial charge in [-0.05, 0) is 33.5 Å². The van der Waals surface area contributed by atoms with Gasteiger partial charge in [-0.2, -0.15) is 0 Å². The number of carbonyl (C=O) groups is 1. The normalized spacial score (nSPS) is 13.3. The van der Waals surface area contributed by atoms with Gasteiger partial charge in [-0.1, -0.05) is 13.8 Å². The summed E-state index contributed by atoms with van der Waals surface area (Å²) in [5.74, 6) is 0.452. The summed E-state index contributed by atoms with van der Waals surface area (Å²) in [4.78, 5) is 16.1. The lowest BCUT2D eigenvalue weighted by atomic mass is 10.1. The molecule has 0 radical (unpaired) electrons. The summed E-state index contributed by atoms with van der Waals surface area (Å²) in [7, 11) is 7.40. The molecule has 0 heterocycles. The highest BCUT2D eigenvalue weighted by Crippen LogP contribution is 2.03. The highest BCUT2D eigenvalue weighted by Gasteiger charge is 2.18. The average molecular weight is 273 g/mol. The molecule has 0 aliphatic heterocycles. The van der Waals surface area contributed by atoms with Gasteiger partial charge in [-0.3, -0.25) is 4.79 Å². The third kappa shape index (κ3) is 8.97. The molecule has 0 saturated heterocycles. The molecule has 5 nitrogen and oxygen atoms in total. The molecule has 0 saturated carbocycles. The molecule has 5 heteroatoms. The van der Waals surface area contributed by atoms with Crippen LogP contribution >= 0.6 is 0 Å². The van der Waals surface area contributed by atoms with E-state index in [2.05, 4.69) is 43.1 Å². The third-order valence-electron chi connectivity index (χ3n) is 3.05. The molecule has 0 bridgehead atoms. The topological polar surface area (TPSA) is 44.8 Å². The van der Waals surface area contributed by atoms with Crippen molar-refractivity contribution in [3.63, 3.8) is 0 Å². The summed E-state index contributed by atoms with van der Waals surface area (Å²) < 4.78 is 4.79. The molecule has 0 aromatic carbocycles. The Bertz CT molecular complexity index is 245. The summed E-state index contributed by atoms with van der Waals surface area (Å²) in [6.45, 7) is 8.48. The number of carbonyl (C=O) groups excluding carboxylic acids is 1. The first-order valence-corrected chi connectivity index (χ1v) is 7.02. The Morgan fingerprint density at radius 2 is 1.84 bits per heavy atom. The minimum absolute atomic E-state index is 0.181. The Kier molecular flexibility index (Phi) is 9.83. The zero-order valence-corrected chi connectivity index (χ0v) is 13.4. The van der Waals surface area contributed by atoms with Gasteiger partial charge in [0.1, 0.15) is 6.04 Å². The Morgan fingerprint density at radius 1 is 1.21 bits per heavy atom. The summed E-state index contributed by atoms with van der Waals surface area (Å²) in [6.07, 6.45) is 0.781. The monoisotopic (exact) mass is 273 g/mol. The predicted molar refractivity (Wildman–Crippen MR) is 79.3 cm³/mol. The van der Waals surface area contributed by atoms with E-state index in [1.807, 2.05) is 0 Å². The molecule has 0 amide bonds. The summed E-state index contributed by atoms with van der Waals surface area (Å²) in [6, 6.07) is -0.209. The first-order valence-electron chi connectivity index (χ1n) is 7.02. The van der Waals surface area contributed by atoms with Crippen LogP contribution in [0.15, 0.2) is 0 Å². The molecular formula is C14H31N3O2. The minimum Gasteiger partial charge on any atom is -0.468 e. The van der Waals surface area contributed by atoms with Gasteiger partial charge in [0.2, 0.25) is 0 Å². The van der Waals surface area contributed by atoms with Crippen molar-refractivity contribution in [3.05, 3.63) is 0 Å². The zero-order chi connectivity index (χ0) is 14.8. The molecule has 1 N–H and O–H groups in total. The van der Waals surface area contributed by atoms with Crippen LogP contribution in [-0.4, -0.2) is 76.2 Å². The number of rotatable bonds is 10. The van der Waals surface area contributed by atoms with Crippen molar-refractivity contribution in [2.75, 3.05) is 54.4 Å². The summed E-state index contributed by atoms with van der Waals surface area (Å²) in [5.41, 5.74) is 0. The second-order valence-corrected chi connectivity index (χ2v) is 5.65. The van der Waals surface area contributed by atoms with E-state index in [1.54, 1.807) is 7.05 Å². The van der Waals surface area contributed by atoms with Gasteiger partial charge in [0.15, 0.2) is 0 Å². The first kappa shape index (κ1) is 18.4. The molecule has 19 heavy (non-hydrogen) atoms. The van der Waals surface area contributed by atoms with Crippen molar-refractivity contribution < 1.29 is 9.53 Å². The molecule has 114 valence electrons. The molecular weight excluding hydrogens is 242 g/mol. The van der Waals surface area contributed by atoms with Gasteiger partial charge in [-0.25, -0.2) is 0 Å². The Labute approximate surface area is 118 Å². The SMILES string of the molecule is CNC(CCN(CCN(C)C)CC(C)C)C(=O)OC. The summed E-state index contributed by atoms with van der Waals surface area (Å²) >= 11 is 0. The second kappa shape index (κ2) is 10.2. The fourth-order valence-corrected chi connectivity index (χ4v) is 1.99. The van der Waals surface area contributed by atoms with Crippen LogP contribution in [0.25, 0.3) is 0 Å². The van der Waals surface area contributed by atoms with Crippen molar-refractivity contribution in [1.29, 1.82) is 0 Å². The molecule has 0 aromatic heterocycles. The predicted octanol–water partition coefficient (Wildman–Crippen LogP) is 0.657. The number of methoxy groups -OCH3 is 1. The lowest BCUT2D eigenvalue weighted by molar-refractivity contribution is -0.143. The van der Waals surface area contributed by atoms with E-state index < -0.39 is 0 Å². The van der Waals surface area contributed by atoms with E-state index in [-0.39, 0.29) is 12.0 Å². The van der Waals surface area contributed by atoms with Crippen LogP contribution < -0.4 is 5.32 Å². The second-order valence-electron chi connectivity index (χ2n) is 5.65. The van der Waals surface area contributed by atoms with Crippen molar-refractivity contribution >= 4 is 5.97 Å². The van der Waals surface area contributed by atoms with Gasteiger partial charge in [-0.15, -0.1) is 0 Å². The van der Waals surface area contributed by atoms with Crippen molar-refractivity contribution in [2.24, 2.45) is 5.92 Å². The standard InChI is InChI=1S/C14H31N3O2/c1-12(2)11-17(10-9-16(4)5)8-7-13(15-3)14(18)19-6/h12-13,15H,7-11H2,1-6H3. The smallest absolute Gasteiger partial charge is 0.322 e. The molecule has 1 unspecified atom stereocenters. The van der Waals surface area contributed by atoms with Crippen LogP contribution in [0.4, 0.5) is 0 Å². The van der Waals surface area contributed by atoms with Crippen LogP contribution in [0.5, 0.6) is 0 Å².